The Balaban J connectivity index is 2.27. The number of nitrogens with zero attached hydrogens (tertiary/aromatic N) is 1. The van der Waals surface area contributed by atoms with Gasteiger partial charge in [-0.05, 0) is 19.3 Å². The first-order valence-electron chi connectivity index (χ1n) is 4.27. The van der Waals surface area contributed by atoms with Crippen LogP contribution in [0.15, 0.2) is 0 Å². The molecule has 1 radical (unpaired) electrons. The van der Waals surface area contributed by atoms with E-state index in [-0.39, 0.29) is 12.5 Å². The molecule has 0 aromatic carbocycles. The van der Waals surface area contributed by atoms with Gasteiger partial charge in [0.25, 0.3) is 0 Å². The predicted molar refractivity (Wildman–Crippen MR) is 43.0 cm³/mol. The number of carbonyl (C=O) groups excluding carboxylic acids is 1. The highest BCUT2D eigenvalue weighted by Crippen LogP contribution is 2.09. The fraction of sp³-hybridized carbons (Fsp3) is 0.875. The summed E-state index contributed by atoms with van der Waals surface area (Å²) >= 11 is 0. The van der Waals surface area contributed by atoms with Crippen LogP contribution in [0.3, 0.4) is 0 Å². The second kappa shape index (κ2) is 4.34. The first-order valence-corrected chi connectivity index (χ1v) is 4.27. The molecular weight excluding hydrogens is 140 g/mol. The standard InChI is InChI=1S/C8H15N2O/c9-5-4-8(11)10-6-2-1-3-7-10/h9H,1-7H2. The quantitative estimate of drug-likeness (QED) is 0.578. The van der Waals surface area contributed by atoms with Gasteiger partial charge in [0.1, 0.15) is 0 Å². The van der Waals surface area contributed by atoms with Crippen LogP contribution in [0.1, 0.15) is 25.7 Å². The molecule has 0 aromatic rings. The van der Waals surface area contributed by atoms with E-state index < -0.39 is 0 Å². The smallest absolute Gasteiger partial charge is 0.223 e. The van der Waals surface area contributed by atoms with Crippen LogP contribution in [0, 0.1) is 0 Å². The van der Waals surface area contributed by atoms with Gasteiger partial charge in [-0.15, -0.1) is 0 Å². The Bertz CT molecular complexity index is 130. The van der Waals surface area contributed by atoms with E-state index in [0.29, 0.717) is 6.42 Å². The van der Waals surface area contributed by atoms with E-state index in [4.69, 9.17) is 5.73 Å². The second-order valence-corrected chi connectivity index (χ2v) is 2.94. The van der Waals surface area contributed by atoms with Gasteiger partial charge in [0.15, 0.2) is 0 Å². The summed E-state index contributed by atoms with van der Waals surface area (Å²) < 4.78 is 0. The van der Waals surface area contributed by atoms with Crippen molar-refractivity contribution >= 4 is 5.91 Å². The van der Waals surface area contributed by atoms with Gasteiger partial charge in [-0.2, -0.15) is 0 Å². The van der Waals surface area contributed by atoms with Gasteiger partial charge in [0.05, 0.1) is 0 Å². The largest absolute Gasteiger partial charge is 0.343 e. The van der Waals surface area contributed by atoms with E-state index in [0.717, 1.165) is 25.9 Å². The Morgan fingerprint density at radius 1 is 1.27 bits per heavy atom. The van der Waals surface area contributed by atoms with Crippen LogP contribution >= 0.6 is 0 Å². The zero-order valence-electron chi connectivity index (χ0n) is 6.81. The number of likely N-dealkylation sites (tertiary alicyclic amines) is 1. The Hall–Kier alpha value is -0.570. The molecule has 0 saturated carbocycles. The number of hydrogen-bond acceptors (Lipinski definition) is 1. The van der Waals surface area contributed by atoms with Crippen molar-refractivity contribution in [1.29, 1.82) is 0 Å². The van der Waals surface area contributed by atoms with Crippen LogP contribution in [0.25, 0.3) is 0 Å². The Kier molecular flexibility index (Phi) is 3.36. The fourth-order valence-electron chi connectivity index (χ4n) is 1.41. The molecule has 0 atom stereocenters. The first-order chi connectivity index (χ1) is 5.34. The van der Waals surface area contributed by atoms with Crippen LogP contribution < -0.4 is 5.73 Å². The summed E-state index contributed by atoms with van der Waals surface area (Å²) in [6, 6.07) is 0. The van der Waals surface area contributed by atoms with Crippen molar-refractivity contribution in [3.8, 4) is 0 Å². The van der Waals surface area contributed by atoms with Crippen LogP contribution in [-0.2, 0) is 4.79 Å². The number of nitrogens with one attached hydrogen (secondary N) is 1. The van der Waals surface area contributed by atoms with Crippen LogP contribution in [0.5, 0.6) is 0 Å². The highest BCUT2D eigenvalue weighted by Gasteiger charge is 2.14. The molecule has 11 heavy (non-hydrogen) atoms. The highest BCUT2D eigenvalue weighted by atomic mass is 16.2. The molecule has 1 aliphatic heterocycles. The molecule has 63 valence electrons. The minimum Gasteiger partial charge on any atom is -0.343 e. The van der Waals surface area contributed by atoms with Gasteiger partial charge in [-0.3, -0.25) is 10.5 Å². The normalized spacial score (nSPS) is 18.5. The van der Waals surface area contributed by atoms with Crippen molar-refractivity contribution in [3.63, 3.8) is 0 Å². The molecule has 1 saturated heterocycles. The van der Waals surface area contributed by atoms with E-state index >= 15 is 0 Å². The second-order valence-electron chi connectivity index (χ2n) is 2.94. The number of hydrogen-bond donors (Lipinski definition) is 0. The van der Waals surface area contributed by atoms with Crippen LogP contribution in [-0.4, -0.2) is 30.4 Å². The van der Waals surface area contributed by atoms with Crippen molar-refractivity contribution in [2.24, 2.45) is 0 Å². The molecule has 0 aromatic heterocycles. The van der Waals surface area contributed by atoms with E-state index in [1.165, 1.54) is 6.42 Å². The lowest BCUT2D eigenvalue weighted by Crippen LogP contribution is -2.35. The van der Waals surface area contributed by atoms with Crippen molar-refractivity contribution in [2.45, 2.75) is 25.7 Å². The van der Waals surface area contributed by atoms with Gasteiger partial charge >= 0.3 is 0 Å². The lowest BCUT2D eigenvalue weighted by molar-refractivity contribution is -0.131. The number of carbonyl (C=O) groups is 1. The summed E-state index contributed by atoms with van der Waals surface area (Å²) in [5.74, 6) is 0.166. The molecule has 0 bridgehead atoms. The third-order valence-electron chi connectivity index (χ3n) is 2.05. The highest BCUT2D eigenvalue weighted by molar-refractivity contribution is 5.76. The summed E-state index contributed by atoms with van der Waals surface area (Å²) in [5.41, 5.74) is 6.90. The number of amides is 1. The molecule has 0 unspecified atom stereocenters. The SMILES string of the molecule is [NH]CCC(=O)N1CCCCC1. The van der Waals surface area contributed by atoms with E-state index in [9.17, 15) is 4.79 Å². The summed E-state index contributed by atoms with van der Waals surface area (Å²) in [4.78, 5) is 13.1. The molecule has 1 heterocycles. The molecule has 1 fully saturated rings. The van der Waals surface area contributed by atoms with Crippen molar-refractivity contribution < 1.29 is 4.79 Å². The molecule has 0 aliphatic carbocycles. The first kappa shape index (κ1) is 8.53. The maximum atomic E-state index is 11.2. The van der Waals surface area contributed by atoms with Crippen LogP contribution in [0.2, 0.25) is 0 Å². The monoisotopic (exact) mass is 155 g/mol. The van der Waals surface area contributed by atoms with E-state index in [1.54, 1.807) is 0 Å². The molecule has 1 aliphatic rings. The van der Waals surface area contributed by atoms with Gasteiger partial charge in [-0.1, -0.05) is 0 Å². The van der Waals surface area contributed by atoms with Crippen molar-refractivity contribution in [2.75, 3.05) is 19.6 Å². The minimum atomic E-state index is 0.166. The van der Waals surface area contributed by atoms with Gasteiger partial charge < -0.3 is 4.90 Å². The molecule has 1 amide bonds. The van der Waals surface area contributed by atoms with Gasteiger partial charge in [0.2, 0.25) is 5.91 Å². The summed E-state index contributed by atoms with van der Waals surface area (Å²) in [6.07, 6.45) is 3.94. The summed E-state index contributed by atoms with van der Waals surface area (Å²) in [5, 5.41) is 0. The zero-order chi connectivity index (χ0) is 8.10. The number of rotatable bonds is 2. The van der Waals surface area contributed by atoms with E-state index in [2.05, 4.69) is 0 Å². The molecule has 3 nitrogen and oxygen atoms in total. The van der Waals surface area contributed by atoms with Crippen molar-refractivity contribution in [1.82, 2.24) is 10.6 Å². The summed E-state index contributed by atoms with van der Waals surface area (Å²) in [6.45, 7) is 2.06. The fourth-order valence-corrected chi connectivity index (χ4v) is 1.41. The number of piperidine rings is 1. The maximum absolute atomic E-state index is 11.2. The van der Waals surface area contributed by atoms with E-state index in [1.807, 2.05) is 4.90 Å². The predicted octanol–water partition coefficient (Wildman–Crippen LogP) is 0.672. The molecular formula is C8H15N2O. The molecule has 0 spiro atoms. The molecule has 1 rings (SSSR count). The minimum absolute atomic E-state index is 0.166. The maximum Gasteiger partial charge on any atom is 0.223 e. The lowest BCUT2D eigenvalue weighted by Gasteiger charge is -2.26. The van der Waals surface area contributed by atoms with Crippen LogP contribution in [0.4, 0.5) is 0 Å². The summed E-state index contributed by atoms with van der Waals surface area (Å²) in [7, 11) is 0. The average Bonchev–Trinajstić information content (AvgIpc) is 2.07. The third kappa shape index (κ3) is 2.50. The Labute approximate surface area is 67.5 Å². The van der Waals surface area contributed by atoms with Gasteiger partial charge in [-0.25, -0.2) is 0 Å². The topological polar surface area (TPSA) is 44.1 Å². The van der Waals surface area contributed by atoms with Crippen molar-refractivity contribution in [3.05, 3.63) is 0 Å². The molecule has 3 heteroatoms. The zero-order valence-corrected chi connectivity index (χ0v) is 6.81. The van der Waals surface area contributed by atoms with Gasteiger partial charge in [0, 0.05) is 26.1 Å². The third-order valence-corrected chi connectivity index (χ3v) is 2.05. The Morgan fingerprint density at radius 3 is 2.45 bits per heavy atom. The molecule has 1 N–H and O–H groups in total. The average molecular weight is 155 g/mol. The Morgan fingerprint density at radius 2 is 1.91 bits per heavy atom. The lowest BCUT2D eigenvalue weighted by atomic mass is 10.1.